The minimum atomic E-state index is -0.0804. The summed E-state index contributed by atoms with van der Waals surface area (Å²) in [6, 6.07) is 18.1. The van der Waals surface area contributed by atoms with Crippen LogP contribution in [0.2, 0.25) is 0 Å². The van der Waals surface area contributed by atoms with Crippen LogP contribution in [0, 0.1) is 5.92 Å². The van der Waals surface area contributed by atoms with E-state index in [1.807, 2.05) is 54.3 Å². The number of benzene rings is 2. The molecule has 2 aromatic rings. The van der Waals surface area contributed by atoms with Crippen LogP contribution in [0.3, 0.4) is 0 Å². The van der Waals surface area contributed by atoms with Crippen LogP contribution in [-0.2, 0) is 9.53 Å². The molecule has 5 heteroatoms. The molecule has 4 rings (SSSR count). The Labute approximate surface area is 161 Å². The highest BCUT2D eigenvalue weighted by Crippen LogP contribution is 2.49. The monoisotopic (exact) mass is 449 g/mol. The van der Waals surface area contributed by atoms with Gasteiger partial charge in [-0.2, -0.15) is 0 Å². The molecule has 0 N–H and O–H groups in total. The summed E-state index contributed by atoms with van der Waals surface area (Å²) in [5, 5.41) is 0. The zero-order chi connectivity index (χ0) is 17.6. The van der Waals surface area contributed by atoms with Gasteiger partial charge in [0, 0.05) is 5.69 Å². The van der Waals surface area contributed by atoms with Crippen molar-refractivity contribution in [3.8, 4) is 5.75 Å². The molecular formula is C20H20INO3. The average molecular weight is 449 g/mol. The van der Waals surface area contributed by atoms with Gasteiger partial charge in [-0.3, -0.25) is 4.79 Å². The first-order valence-corrected chi connectivity index (χ1v) is 9.68. The van der Waals surface area contributed by atoms with Crippen molar-refractivity contribution in [3.63, 3.8) is 0 Å². The van der Waals surface area contributed by atoms with Gasteiger partial charge in [0.05, 0.1) is 35.2 Å². The highest BCUT2D eigenvalue weighted by Gasteiger charge is 2.59. The number of methoxy groups -OCH3 is 1. The molecule has 2 heterocycles. The van der Waals surface area contributed by atoms with Crippen LogP contribution >= 0.6 is 22.6 Å². The van der Waals surface area contributed by atoms with E-state index in [2.05, 4.69) is 34.7 Å². The van der Waals surface area contributed by atoms with E-state index >= 15 is 0 Å². The molecule has 0 radical (unpaired) electrons. The van der Waals surface area contributed by atoms with Crippen LogP contribution in [0.5, 0.6) is 5.75 Å². The average Bonchev–Trinajstić information content (AvgIpc) is 2.64. The summed E-state index contributed by atoms with van der Waals surface area (Å²) in [4.78, 5) is 14.7. The Kier molecular flexibility index (Phi) is 4.45. The number of ether oxygens (including phenoxy) is 2. The van der Waals surface area contributed by atoms with Gasteiger partial charge in [-0.25, -0.2) is 0 Å². The molecule has 2 aliphatic heterocycles. The summed E-state index contributed by atoms with van der Waals surface area (Å²) in [6.07, 6.45) is -0.0879. The largest absolute Gasteiger partial charge is 0.497 e. The second-order valence-corrected chi connectivity index (χ2v) is 7.98. The Balaban J connectivity index is 1.64. The van der Waals surface area contributed by atoms with E-state index in [4.69, 9.17) is 9.47 Å². The smallest absolute Gasteiger partial charge is 0.235 e. The van der Waals surface area contributed by atoms with E-state index in [0.717, 1.165) is 11.4 Å². The molecule has 0 spiro atoms. The predicted molar refractivity (Wildman–Crippen MR) is 105 cm³/mol. The summed E-state index contributed by atoms with van der Waals surface area (Å²) < 4.78 is 11.7. The number of β-lactam (4-membered cyclic amide) rings is 1. The van der Waals surface area contributed by atoms with E-state index in [1.54, 1.807) is 7.11 Å². The maximum atomic E-state index is 12.8. The van der Waals surface area contributed by atoms with Gasteiger partial charge in [0.2, 0.25) is 5.91 Å². The molecule has 25 heavy (non-hydrogen) atoms. The zero-order valence-corrected chi connectivity index (χ0v) is 16.3. The van der Waals surface area contributed by atoms with Gasteiger partial charge in [0.25, 0.3) is 0 Å². The second kappa shape index (κ2) is 6.61. The van der Waals surface area contributed by atoms with Crippen LogP contribution in [0.25, 0.3) is 0 Å². The van der Waals surface area contributed by atoms with E-state index < -0.39 is 0 Å². The Bertz CT molecular complexity index is 764. The standard InChI is InChI=1S/C20H20INO3/c1-12-16-18(17(21)19(25-12)13-6-4-3-5-7-13)22(20(16)23)14-8-10-15(24-2)11-9-14/h3-12,16-19H,1-2H3/t12-,16-,17+,18-,19-/m1/s1. The quantitative estimate of drug-likeness (QED) is 0.404. The third kappa shape index (κ3) is 2.73. The van der Waals surface area contributed by atoms with Crippen molar-refractivity contribution < 1.29 is 14.3 Å². The molecule has 5 atom stereocenters. The number of hydrogen-bond acceptors (Lipinski definition) is 3. The van der Waals surface area contributed by atoms with Crippen molar-refractivity contribution in [2.24, 2.45) is 5.92 Å². The van der Waals surface area contributed by atoms with E-state index in [9.17, 15) is 4.79 Å². The van der Waals surface area contributed by atoms with Crippen molar-refractivity contribution in [1.29, 1.82) is 0 Å². The fraction of sp³-hybridized carbons (Fsp3) is 0.350. The second-order valence-electron chi connectivity index (χ2n) is 6.54. The first-order chi connectivity index (χ1) is 12.1. The maximum Gasteiger partial charge on any atom is 0.235 e. The molecule has 2 aromatic carbocycles. The highest BCUT2D eigenvalue weighted by molar-refractivity contribution is 14.1. The molecule has 0 saturated carbocycles. The number of carbonyl (C=O) groups is 1. The molecule has 1 amide bonds. The lowest BCUT2D eigenvalue weighted by atomic mass is 9.76. The predicted octanol–water partition coefficient (Wildman–Crippen LogP) is 3.99. The van der Waals surface area contributed by atoms with Crippen molar-refractivity contribution in [3.05, 3.63) is 60.2 Å². The number of halogens is 1. The molecule has 2 saturated heterocycles. The topological polar surface area (TPSA) is 38.8 Å². The van der Waals surface area contributed by atoms with Gasteiger partial charge in [-0.15, -0.1) is 0 Å². The van der Waals surface area contributed by atoms with Crippen LogP contribution in [0.15, 0.2) is 54.6 Å². The number of rotatable bonds is 3. The third-order valence-electron chi connectivity index (χ3n) is 5.15. The Hall–Kier alpha value is -1.60. The van der Waals surface area contributed by atoms with Gasteiger partial charge < -0.3 is 14.4 Å². The number of amides is 1. The number of anilines is 1. The van der Waals surface area contributed by atoms with Crippen molar-refractivity contribution in [2.45, 2.75) is 29.1 Å². The number of nitrogens with zero attached hydrogens (tertiary/aromatic N) is 1. The van der Waals surface area contributed by atoms with Crippen molar-refractivity contribution in [1.82, 2.24) is 0 Å². The van der Waals surface area contributed by atoms with Crippen LogP contribution in [0.4, 0.5) is 5.69 Å². The summed E-state index contributed by atoms with van der Waals surface area (Å²) in [5.74, 6) is 0.876. The lowest BCUT2D eigenvalue weighted by Crippen LogP contribution is -2.71. The van der Waals surface area contributed by atoms with Gasteiger partial charge in [0.15, 0.2) is 0 Å². The lowest BCUT2D eigenvalue weighted by molar-refractivity contribution is -0.151. The summed E-state index contributed by atoms with van der Waals surface area (Å²) in [7, 11) is 1.64. The fourth-order valence-electron chi connectivity index (χ4n) is 3.87. The van der Waals surface area contributed by atoms with E-state index in [-0.39, 0.29) is 34.0 Å². The minimum absolute atomic E-state index is 0.00750. The highest BCUT2D eigenvalue weighted by atomic mass is 127. The minimum Gasteiger partial charge on any atom is -0.497 e. The molecule has 0 bridgehead atoms. The number of carbonyl (C=O) groups excluding carboxylic acids is 1. The van der Waals surface area contributed by atoms with Crippen LogP contribution in [0.1, 0.15) is 18.6 Å². The Morgan fingerprint density at radius 2 is 1.76 bits per heavy atom. The van der Waals surface area contributed by atoms with E-state index in [1.165, 1.54) is 5.56 Å². The number of fused-ring (bicyclic) bond motifs is 1. The third-order valence-corrected chi connectivity index (χ3v) is 6.54. The molecule has 2 fully saturated rings. The van der Waals surface area contributed by atoms with Gasteiger partial charge in [-0.1, -0.05) is 52.9 Å². The SMILES string of the molecule is COc1ccc(N2C(=O)[C@H]3[C@@H]2[C@H](I)[C@@H](c2ccccc2)O[C@@H]3C)cc1. The van der Waals surface area contributed by atoms with Crippen molar-refractivity contribution in [2.75, 3.05) is 12.0 Å². The van der Waals surface area contributed by atoms with E-state index in [0.29, 0.717) is 0 Å². The summed E-state index contributed by atoms with van der Waals surface area (Å²) in [5.41, 5.74) is 2.09. The first-order valence-electron chi connectivity index (χ1n) is 8.43. The molecule has 130 valence electrons. The summed E-state index contributed by atoms with van der Waals surface area (Å²) in [6.45, 7) is 2.01. The van der Waals surface area contributed by atoms with Crippen LogP contribution < -0.4 is 9.64 Å². The summed E-state index contributed by atoms with van der Waals surface area (Å²) >= 11 is 2.45. The molecule has 2 aliphatic rings. The lowest BCUT2D eigenvalue weighted by Gasteiger charge is -2.56. The van der Waals surface area contributed by atoms with Crippen LogP contribution in [-0.4, -0.2) is 29.1 Å². The normalized spacial score (nSPS) is 31.2. The maximum absolute atomic E-state index is 12.8. The molecule has 4 nitrogen and oxygen atoms in total. The van der Waals surface area contributed by atoms with Gasteiger partial charge >= 0.3 is 0 Å². The zero-order valence-electron chi connectivity index (χ0n) is 14.1. The Morgan fingerprint density at radius 1 is 1.08 bits per heavy atom. The Morgan fingerprint density at radius 3 is 2.40 bits per heavy atom. The molecule has 0 aliphatic carbocycles. The van der Waals surface area contributed by atoms with Gasteiger partial charge in [-0.05, 0) is 36.8 Å². The van der Waals surface area contributed by atoms with Crippen molar-refractivity contribution >= 4 is 34.2 Å². The molecule has 0 unspecified atom stereocenters. The number of hydrogen-bond donors (Lipinski definition) is 0. The fourth-order valence-corrected chi connectivity index (χ4v) is 5.22. The van der Waals surface area contributed by atoms with Gasteiger partial charge in [0.1, 0.15) is 5.75 Å². The number of alkyl halides is 1. The molecule has 0 aromatic heterocycles. The first kappa shape index (κ1) is 16.8. The molecular weight excluding hydrogens is 429 g/mol.